The van der Waals surface area contributed by atoms with E-state index in [9.17, 15) is 0 Å². The fourth-order valence-electron chi connectivity index (χ4n) is 2.52. The topological polar surface area (TPSA) is 29.0 Å². The van der Waals surface area contributed by atoms with Gasteiger partial charge in [0, 0.05) is 37.0 Å². The van der Waals surface area contributed by atoms with Gasteiger partial charge in [0.25, 0.3) is 0 Å². The number of alkyl halides is 1. The second kappa shape index (κ2) is 5.57. The van der Waals surface area contributed by atoms with E-state index in [2.05, 4.69) is 45.2 Å². The monoisotopic (exact) mass is 273 g/mol. The first kappa shape index (κ1) is 12.4. The van der Waals surface area contributed by atoms with E-state index in [1.54, 1.807) is 0 Å². The number of anilines is 1. The Morgan fingerprint density at radius 2 is 1.89 bits per heavy atom. The SMILES string of the molecule is ClCc1cnc(N2CCC(c3ccccc3)C2)nc1. The number of hydrogen-bond acceptors (Lipinski definition) is 3. The number of aromatic nitrogens is 2. The highest BCUT2D eigenvalue weighted by Gasteiger charge is 2.25. The average molecular weight is 274 g/mol. The van der Waals surface area contributed by atoms with E-state index >= 15 is 0 Å². The summed E-state index contributed by atoms with van der Waals surface area (Å²) in [5, 5.41) is 0. The highest BCUT2D eigenvalue weighted by molar-refractivity contribution is 6.17. The van der Waals surface area contributed by atoms with Gasteiger partial charge in [0.15, 0.2) is 0 Å². The Hall–Kier alpha value is -1.61. The maximum Gasteiger partial charge on any atom is 0.225 e. The van der Waals surface area contributed by atoms with Crippen LogP contribution in [0.1, 0.15) is 23.5 Å². The van der Waals surface area contributed by atoms with Gasteiger partial charge in [-0.15, -0.1) is 11.6 Å². The standard InChI is InChI=1S/C15H16ClN3/c16-8-12-9-17-15(18-10-12)19-7-6-14(11-19)13-4-2-1-3-5-13/h1-5,9-10,14H,6-8,11H2. The fraction of sp³-hybridized carbons (Fsp3) is 0.333. The van der Waals surface area contributed by atoms with Crippen molar-refractivity contribution in [2.24, 2.45) is 0 Å². The van der Waals surface area contributed by atoms with Crippen molar-refractivity contribution in [2.45, 2.75) is 18.2 Å². The van der Waals surface area contributed by atoms with Crippen molar-refractivity contribution in [1.82, 2.24) is 9.97 Å². The molecule has 0 amide bonds. The summed E-state index contributed by atoms with van der Waals surface area (Å²) in [7, 11) is 0. The highest BCUT2D eigenvalue weighted by Crippen LogP contribution is 2.28. The van der Waals surface area contributed by atoms with Crippen LogP contribution in [0.2, 0.25) is 0 Å². The molecule has 2 heterocycles. The number of hydrogen-bond donors (Lipinski definition) is 0. The molecule has 98 valence electrons. The van der Waals surface area contributed by atoms with E-state index in [-0.39, 0.29) is 0 Å². The molecule has 1 atom stereocenters. The molecule has 4 heteroatoms. The van der Waals surface area contributed by atoms with Gasteiger partial charge in [-0.1, -0.05) is 30.3 Å². The summed E-state index contributed by atoms with van der Waals surface area (Å²) in [5.74, 6) is 1.86. The first-order valence-electron chi connectivity index (χ1n) is 6.53. The molecular formula is C15H16ClN3. The van der Waals surface area contributed by atoms with Crippen LogP contribution in [0.5, 0.6) is 0 Å². The van der Waals surface area contributed by atoms with Crippen molar-refractivity contribution in [3.63, 3.8) is 0 Å². The molecule has 2 aromatic rings. The van der Waals surface area contributed by atoms with Crippen LogP contribution in [0.3, 0.4) is 0 Å². The van der Waals surface area contributed by atoms with E-state index in [1.165, 1.54) is 5.56 Å². The lowest BCUT2D eigenvalue weighted by Gasteiger charge is -2.16. The Kier molecular flexibility index (Phi) is 3.65. The van der Waals surface area contributed by atoms with Crippen LogP contribution in [-0.4, -0.2) is 23.1 Å². The van der Waals surface area contributed by atoms with Crippen LogP contribution in [0, 0.1) is 0 Å². The third-order valence-corrected chi connectivity index (χ3v) is 3.90. The third-order valence-electron chi connectivity index (χ3n) is 3.59. The summed E-state index contributed by atoms with van der Waals surface area (Å²) in [4.78, 5) is 11.0. The molecule has 0 N–H and O–H groups in total. The summed E-state index contributed by atoms with van der Waals surface area (Å²) in [6, 6.07) is 10.7. The summed E-state index contributed by atoms with van der Waals surface area (Å²) in [5.41, 5.74) is 2.37. The number of benzene rings is 1. The Bertz CT molecular complexity index is 527. The number of rotatable bonds is 3. The van der Waals surface area contributed by atoms with E-state index < -0.39 is 0 Å². The van der Waals surface area contributed by atoms with Crippen LogP contribution >= 0.6 is 11.6 Å². The average Bonchev–Trinajstić information content (AvgIpc) is 2.98. The molecule has 0 aliphatic carbocycles. The van der Waals surface area contributed by atoms with Crippen LogP contribution in [-0.2, 0) is 5.88 Å². The summed E-state index contributed by atoms with van der Waals surface area (Å²) in [6.07, 6.45) is 4.78. The maximum absolute atomic E-state index is 5.75. The summed E-state index contributed by atoms with van der Waals surface area (Å²) >= 11 is 5.75. The minimum atomic E-state index is 0.465. The fourth-order valence-corrected chi connectivity index (χ4v) is 2.66. The lowest BCUT2D eigenvalue weighted by molar-refractivity contribution is 0.772. The minimum Gasteiger partial charge on any atom is -0.340 e. The van der Waals surface area contributed by atoms with E-state index in [0.717, 1.165) is 31.0 Å². The van der Waals surface area contributed by atoms with Gasteiger partial charge in [-0.05, 0) is 12.0 Å². The van der Waals surface area contributed by atoms with Gasteiger partial charge in [-0.3, -0.25) is 0 Å². The molecule has 1 fully saturated rings. The van der Waals surface area contributed by atoms with Gasteiger partial charge in [0.05, 0.1) is 5.88 Å². The van der Waals surface area contributed by atoms with Gasteiger partial charge in [0.1, 0.15) is 0 Å². The lowest BCUT2D eigenvalue weighted by Crippen LogP contribution is -2.21. The molecule has 0 saturated carbocycles. The van der Waals surface area contributed by atoms with E-state index in [0.29, 0.717) is 11.8 Å². The second-order valence-electron chi connectivity index (χ2n) is 4.87. The first-order chi connectivity index (χ1) is 9.36. The van der Waals surface area contributed by atoms with Crippen molar-refractivity contribution in [2.75, 3.05) is 18.0 Å². The molecule has 3 rings (SSSR count). The van der Waals surface area contributed by atoms with Crippen molar-refractivity contribution < 1.29 is 0 Å². The Morgan fingerprint density at radius 3 is 2.58 bits per heavy atom. The molecule has 0 spiro atoms. The van der Waals surface area contributed by atoms with Gasteiger partial charge in [0.2, 0.25) is 5.95 Å². The maximum atomic E-state index is 5.75. The van der Waals surface area contributed by atoms with E-state index in [4.69, 9.17) is 11.6 Å². The van der Waals surface area contributed by atoms with Crippen LogP contribution in [0.25, 0.3) is 0 Å². The van der Waals surface area contributed by atoms with Gasteiger partial charge < -0.3 is 4.90 Å². The molecule has 1 saturated heterocycles. The smallest absolute Gasteiger partial charge is 0.225 e. The van der Waals surface area contributed by atoms with E-state index in [1.807, 2.05) is 12.4 Å². The van der Waals surface area contributed by atoms with Gasteiger partial charge in [-0.25, -0.2) is 9.97 Å². The zero-order chi connectivity index (χ0) is 13.1. The Labute approximate surface area is 118 Å². The van der Waals surface area contributed by atoms with Crippen LogP contribution < -0.4 is 4.90 Å². The molecule has 1 aromatic heterocycles. The largest absolute Gasteiger partial charge is 0.340 e. The number of halogens is 1. The van der Waals surface area contributed by atoms with Crippen molar-refractivity contribution in [3.8, 4) is 0 Å². The quantitative estimate of drug-likeness (QED) is 0.804. The highest BCUT2D eigenvalue weighted by atomic mass is 35.5. The predicted octanol–water partition coefficient (Wildman–Crippen LogP) is 3.21. The molecule has 1 aliphatic heterocycles. The first-order valence-corrected chi connectivity index (χ1v) is 7.07. The normalized spacial score (nSPS) is 18.8. The Balaban J connectivity index is 1.71. The molecule has 19 heavy (non-hydrogen) atoms. The van der Waals surface area contributed by atoms with Gasteiger partial charge in [-0.2, -0.15) is 0 Å². The molecule has 3 nitrogen and oxygen atoms in total. The van der Waals surface area contributed by atoms with Crippen LogP contribution in [0.15, 0.2) is 42.7 Å². The van der Waals surface area contributed by atoms with Crippen molar-refractivity contribution >= 4 is 17.5 Å². The minimum absolute atomic E-state index is 0.465. The van der Waals surface area contributed by atoms with Gasteiger partial charge >= 0.3 is 0 Å². The molecule has 1 aromatic carbocycles. The van der Waals surface area contributed by atoms with Crippen LogP contribution in [0.4, 0.5) is 5.95 Å². The van der Waals surface area contributed by atoms with Crippen molar-refractivity contribution in [3.05, 3.63) is 53.9 Å². The predicted molar refractivity (Wildman–Crippen MR) is 77.6 cm³/mol. The molecule has 0 bridgehead atoms. The lowest BCUT2D eigenvalue weighted by atomic mass is 9.99. The molecular weight excluding hydrogens is 258 g/mol. The molecule has 1 unspecified atom stereocenters. The molecule has 0 radical (unpaired) electrons. The Morgan fingerprint density at radius 1 is 1.16 bits per heavy atom. The third kappa shape index (κ3) is 2.71. The molecule has 1 aliphatic rings. The number of nitrogens with zero attached hydrogens (tertiary/aromatic N) is 3. The summed E-state index contributed by atoms with van der Waals surface area (Å²) in [6.45, 7) is 2.00. The summed E-state index contributed by atoms with van der Waals surface area (Å²) < 4.78 is 0. The zero-order valence-corrected chi connectivity index (χ0v) is 11.4. The van der Waals surface area contributed by atoms with Crippen molar-refractivity contribution in [1.29, 1.82) is 0 Å². The second-order valence-corrected chi connectivity index (χ2v) is 5.13. The zero-order valence-electron chi connectivity index (χ0n) is 10.7.